The van der Waals surface area contributed by atoms with Crippen LogP contribution in [0.2, 0.25) is 0 Å². The second-order valence-corrected chi connectivity index (χ2v) is 16.1. The van der Waals surface area contributed by atoms with E-state index in [1.807, 2.05) is 50.2 Å². The molecule has 0 aliphatic heterocycles. The maximum absolute atomic E-state index is 13.7. The molecule has 0 radical (unpaired) electrons. The highest BCUT2D eigenvalue weighted by Gasteiger charge is 2.30. The zero-order valence-electron chi connectivity index (χ0n) is 41.9. The number of aliphatic carboxylic acids is 1. The minimum absolute atomic E-state index is 0.0203. The van der Waals surface area contributed by atoms with Crippen LogP contribution < -0.4 is 15.5 Å². The molecule has 0 spiro atoms. The van der Waals surface area contributed by atoms with Crippen molar-refractivity contribution in [3.8, 4) is 11.3 Å². The highest BCUT2D eigenvalue weighted by molar-refractivity contribution is 6.06. The van der Waals surface area contributed by atoms with E-state index in [9.17, 15) is 27.6 Å². The van der Waals surface area contributed by atoms with E-state index in [4.69, 9.17) is 47.7 Å². The first-order valence-electron chi connectivity index (χ1n) is 24.6. The molecule has 0 aliphatic rings. The number of halogens is 3. The van der Waals surface area contributed by atoms with Crippen LogP contribution in [0.1, 0.15) is 64.1 Å². The topological polar surface area (TPSA) is 195 Å². The van der Waals surface area contributed by atoms with Gasteiger partial charge in [-0.3, -0.25) is 19.4 Å². The van der Waals surface area contributed by atoms with E-state index in [0.29, 0.717) is 147 Å². The maximum atomic E-state index is 13.7. The molecule has 0 fully saturated rings. The molecule has 3 aromatic carbocycles. The molecule has 0 unspecified atom stereocenters. The summed E-state index contributed by atoms with van der Waals surface area (Å²) in [6, 6.07) is 21.0. The average Bonchev–Trinajstić information content (AvgIpc) is 3.39. The maximum Gasteiger partial charge on any atom is 0.416 e. The lowest BCUT2D eigenvalue weighted by Gasteiger charge is -2.23. The lowest BCUT2D eigenvalue weighted by atomic mass is 10.0. The summed E-state index contributed by atoms with van der Waals surface area (Å²) in [6.45, 7) is 13.1. The Morgan fingerprint density at radius 1 is 0.575 bits per heavy atom. The van der Waals surface area contributed by atoms with Crippen LogP contribution in [0.4, 0.5) is 24.5 Å². The monoisotopic (exact) mass is 1030 g/mol. The molecule has 402 valence electrons. The summed E-state index contributed by atoms with van der Waals surface area (Å²) in [7, 11) is 0. The first kappa shape index (κ1) is 60.0. The van der Waals surface area contributed by atoms with Gasteiger partial charge < -0.3 is 63.3 Å². The van der Waals surface area contributed by atoms with Gasteiger partial charge in [0.1, 0.15) is 0 Å². The summed E-state index contributed by atoms with van der Waals surface area (Å²) in [6.07, 6.45) is -1.59. The lowest BCUT2D eigenvalue weighted by molar-refractivity contribution is -0.139. The second-order valence-electron chi connectivity index (χ2n) is 16.1. The summed E-state index contributed by atoms with van der Waals surface area (Å²) in [4.78, 5) is 44.1. The Morgan fingerprint density at radius 2 is 1.08 bits per heavy atom. The van der Waals surface area contributed by atoms with Gasteiger partial charge in [0, 0.05) is 54.8 Å². The van der Waals surface area contributed by atoms with Crippen molar-refractivity contribution in [1.82, 2.24) is 10.3 Å². The normalized spacial score (nSPS) is 11.5. The van der Waals surface area contributed by atoms with Crippen LogP contribution >= 0.6 is 0 Å². The van der Waals surface area contributed by atoms with Gasteiger partial charge in [0.25, 0.3) is 11.8 Å². The third-order valence-corrected chi connectivity index (χ3v) is 10.8. The molecule has 17 nitrogen and oxygen atoms in total. The Labute approximate surface area is 425 Å². The second kappa shape index (κ2) is 35.6. The van der Waals surface area contributed by atoms with Crippen LogP contribution in [0, 0.1) is 0 Å². The molecule has 1 aromatic heterocycles. The van der Waals surface area contributed by atoms with Crippen LogP contribution in [0.25, 0.3) is 11.3 Å². The number of carbonyl (C=O) groups is 3. The molecule has 4 aromatic rings. The fraction of sp³-hybridized carbons (Fsp3) is 0.509. The van der Waals surface area contributed by atoms with Crippen LogP contribution in [-0.2, 0) is 66.6 Å². The fourth-order valence-electron chi connectivity index (χ4n) is 6.96. The van der Waals surface area contributed by atoms with Gasteiger partial charge in [-0.05, 0) is 92.4 Å². The molecular weight excluding hydrogens is 958 g/mol. The first-order chi connectivity index (χ1) is 35.5. The van der Waals surface area contributed by atoms with E-state index < -0.39 is 23.6 Å². The SMILES string of the molecule is CCN(CC)c1ccc(NC(=O)c2cccc(CCCOCCOCCOCCOCCOCCOCCOCCOCCOCCC(=O)O)c2)c(-c2cc(C(=O)NCc3cccc(C(F)(F)F)c3)ccn2)c1. The molecule has 0 aliphatic carbocycles. The number of carboxylic acid groups (broad SMARTS) is 1. The van der Waals surface area contributed by atoms with Gasteiger partial charge in [-0.2, -0.15) is 13.2 Å². The molecule has 20 heteroatoms. The molecule has 0 bridgehead atoms. The van der Waals surface area contributed by atoms with Crippen LogP contribution in [0.5, 0.6) is 0 Å². The zero-order valence-corrected chi connectivity index (χ0v) is 41.9. The number of hydrogen-bond donors (Lipinski definition) is 3. The summed E-state index contributed by atoms with van der Waals surface area (Å²) < 4.78 is 89.0. The van der Waals surface area contributed by atoms with E-state index in [0.717, 1.165) is 42.9 Å². The minimum Gasteiger partial charge on any atom is -0.481 e. The fourth-order valence-corrected chi connectivity index (χ4v) is 6.96. The van der Waals surface area contributed by atoms with Gasteiger partial charge in [0.2, 0.25) is 0 Å². The molecular formula is C53H71F3N4O13. The standard InChI is InChI=1S/C53H71F3N4O13/c1-3-60(4-2)46-13-14-48(47(39-46)49-38-44(15-17-57-49)51(63)58-40-42-9-6-12-45(37-42)53(54,55)56)59-52(64)43-11-5-8-41(36-43)10-7-18-65-20-22-67-24-26-69-28-30-71-32-34-73-35-33-72-31-29-70-27-25-68-23-21-66-19-16-50(61)62/h5-6,8-9,11-15,17,36-39H,3-4,7,10,16,18-35,40H2,1-2H3,(H,58,63)(H,59,64)(H,61,62). The quantitative estimate of drug-likeness (QED) is 0.0374. The number of nitrogens with zero attached hydrogens (tertiary/aromatic N) is 2. The number of anilines is 2. The molecule has 2 amide bonds. The van der Waals surface area contributed by atoms with E-state index in [2.05, 4.69) is 20.5 Å². The van der Waals surface area contributed by atoms with Crippen molar-refractivity contribution in [2.24, 2.45) is 0 Å². The van der Waals surface area contributed by atoms with Crippen molar-refractivity contribution in [3.05, 3.63) is 113 Å². The third-order valence-electron chi connectivity index (χ3n) is 10.8. The Bertz CT molecular complexity index is 2200. The van der Waals surface area contributed by atoms with Crippen molar-refractivity contribution in [2.75, 3.05) is 142 Å². The molecule has 73 heavy (non-hydrogen) atoms. The number of hydrogen-bond acceptors (Lipinski definition) is 14. The van der Waals surface area contributed by atoms with Gasteiger partial charge in [0.15, 0.2) is 0 Å². The lowest BCUT2D eigenvalue weighted by Crippen LogP contribution is -2.23. The van der Waals surface area contributed by atoms with E-state index in [1.165, 1.54) is 24.4 Å². The van der Waals surface area contributed by atoms with Gasteiger partial charge in [-0.25, -0.2) is 0 Å². The number of ether oxygens (including phenoxy) is 9. The molecule has 0 saturated carbocycles. The predicted molar refractivity (Wildman–Crippen MR) is 268 cm³/mol. The molecule has 0 atom stereocenters. The number of aromatic nitrogens is 1. The van der Waals surface area contributed by atoms with Crippen molar-refractivity contribution >= 4 is 29.2 Å². The number of rotatable bonds is 40. The van der Waals surface area contributed by atoms with E-state index in [-0.39, 0.29) is 31.0 Å². The largest absolute Gasteiger partial charge is 0.481 e. The third kappa shape index (κ3) is 24.8. The summed E-state index contributed by atoms with van der Waals surface area (Å²) in [5.41, 5.74) is 3.64. The average molecular weight is 1030 g/mol. The number of nitrogens with one attached hydrogen (secondary N) is 2. The number of amides is 2. The van der Waals surface area contributed by atoms with E-state index >= 15 is 0 Å². The Hall–Kier alpha value is -5.55. The number of alkyl halides is 3. The Balaban J connectivity index is 1.05. The number of benzene rings is 3. The summed E-state index contributed by atoms with van der Waals surface area (Å²) in [5, 5.41) is 14.3. The Morgan fingerprint density at radius 3 is 1.62 bits per heavy atom. The highest BCUT2D eigenvalue weighted by atomic mass is 19.4. The molecule has 4 rings (SSSR count). The van der Waals surface area contributed by atoms with E-state index in [1.54, 1.807) is 12.1 Å². The smallest absolute Gasteiger partial charge is 0.416 e. The number of pyridine rings is 1. The summed E-state index contributed by atoms with van der Waals surface area (Å²) >= 11 is 0. The Kier molecular flexibility index (Phi) is 29.2. The predicted octanol–water partition coefficient (Wildman–Crippen LogP) is 7.35. The molecule has 1 heterocycles. The first-order valence-corrected chi connectivity index (χ1v) is 24.6. The number of carbonyl (C=O) groups excluding carboxylic acids is 2. The van der Waals surface area contributed by atoms with Crippen LogP contribution in [0.3, 0.4) is 0 Å². The molecule has 0 saturated heterocycles. The van der Waals surface area contributed by atoms with Crippen molar-refractivity contribution < 1.29 is 75.3 Å². The number of aryl methyl sites for hydroxylation is 1. The minimum atomic E-state index is -4.50. The van der Waals surface area contributed by atoms with Crippen molar-refractivity contribution in [3.63, 3.8) is 0 Å². The van der Waals surface area contributed by atoms with Gasteiger partial charge in [0.05, 0.1) is 136 Å². The number of carboxylic acids is 1. The van der Waals surface area contributed by atoms with Crippen LogP contribution in [-0.4, -0.2) is 160 Å². The van der Waals surface area contributed by atoms with Crippen LogP contribution in [0.15, 0.2) is 85.1 Å². The molecule has 3 N–H and O–H groups in total. The highest BCUT2D eigenvalue weighted by Crippen LogP contribution is 2.33. The van der Waals surface area contributed by atoms with Crippen molar-refractivity contribution in [1.29, 1.82) is 0 Å². The van der Waals surface area contributed by atoms with Gasteiger partial charge in [-0.1, -0.05) is 24.3 Å². The zero-order chi connectivity index (χ0) is 52.4. The van der Waals surface area contributed by atoms with Crippen molar-refractivity contribution in [2.45, 2.75) is 45.8 Å². The van der Waals surface area contributed by atoms with Gasteiger partial charge >= 0.3 is 12.1 Å². The summed E-state index contributed by atoms with van der Waals surface area (Å²) in [5.74, 6) is -1.70. The van der Waals surface area contributed by atoms with Gasteiger partial charge in [-0.15, -0.1) is 0 Å².